The van der Waals surface area contributed by atoms with E-state index in [1.807, 2.05) is 0 Å². The first-order chi connectivity index (χ1) is 10.7. The van der Waals surface area contributed by atoms with Gasteiger partial charge < -0.3 is 20.8 Å². The number of carbonyl (C=O) groups is 1. The molecule has 0 saturated heterocycles. The molecule has 0 spiro atoms. The van der Waals surface area contributed by atoms with Gasteiger partial charge in [-0.1, -0.05) is 0 Å². The first kappa shape index (κ1) is 14.0. The van der Waals surface area contributed by atoms with E-state index in [4.69, 9.17) is 10.5 Å². The van der Waals surface area contributed by atoms with E-state index >= 15 is 0 Å². The zero-order valence-electron chi connectivity index (χ0n) is 11.5. The zero-order chi connectivity index (χ0) is 15.5. The lowest BCUT2D eigenvalue weighted by Gasteiger charge is -2.09. The predicted octanol–water partition coefficient (Wildman–Crippen LogP) is 2.39. The summed E-state index contributed by atoms with van der Waals surface area (Å²) in [6.45, 7) is -0.164. The molecule has 1 amide bonds. The first-order valence-corrected chi connectivity index (χ1v) is 6.57. The van der Waals surface area contributed by atoms with E-state index in [9.17, 15) is 9.18 Å². The fraction of sp³-hybridized carbons (Fsp3) is 0.0667. The third-order valence-corrected chi connectivity index (χ3v) is 3.04. The number of nitrogens with two attached hydrogens (primary N) is 1. The topological polar surface area (TPSA) is 93.0 Å². The maximum Gasteiger partial charge on any atom is 0.238 e. The number of carbonyl (C=O) groups excluding carboxylic acids is 1. The van der Waals surface area contributed by atoms with Crippen LogP contribution in [-0.4, -0.2) is 22.4 Å². The normalized spacial score (nSPS) is 10.6. The van der Waals surface area contributed by atoms with Crippen LogP contribution in [0.15, 0.2) is 42.7 Å². The Kier molecular flexibility index (Phi) is 3.71. The molecule has 0 aliphatic rings. The molecule has 0 unspecified atom stereocenters. The largest absolute Gasteiger partial charge is 0.453 e. The Morgan fingerprint density at radius 2 is 2.18 bits per heavy atom. The summed E-state index contributed by atoms with van der Waals surface area (Å²) in [6.07, 6.45) is 3.30. The molecular formula is C15H13FN4O2. The molecule has 112 valence electrons. The molecule has 2 heterocycles. The smallest absolute Gasteiger partial charge is 0.238 e. The molecule has 3 rings (SSSR count). The molecule has 0 saturated carbocycles. The number of anilines is 1. The van der Waals surface area contributed by atoms with Gasteiger partial charge in [0.25, 0.3) is 0 Å². The maximum atomic E-state index is 14.1. The Bertz CT molecular complexity index is 831. The second-order valence-corrected chi connectivity index (χ2v) is 4.55. The van der Waals surface area contributed by atoms with Crippen LogP contribution in [0.1, 0.15) is 0 Å². The van der Waals surface area contributed by atoms with Gasteiger partial charge in [0, 0.05) is 24.1 Å². The average Bonchev–Trinajstić information content (AvgIpc) is 2.99. The molecular weight excluding hydrogens is 287 g/mol. The van der Waals surface area contributed by atoms with Crippen molar-refractivity contribution >= 4 is 22.6 Å². The van der Waals surface area contributed by atoms with Crippen molar-refractivity contribution in [1.82, 2.24) is 9.97 Å². The molecule has 2 aromatic heterocycles. The minimum atomic E-state index is -0.588. The van der Waals surface area contributed by atoms with Crippen LogP contribution < -0.4 is 15.8 Å². The van der Waals surface area contributed by atoms with Gasteiger partial charge in [-0.25, -0.2) is 9.37 Å². The van der Waals surface area contributed by atoms with E-state index in [0.29, 0.717) is 17.1 Å². The van der Waals surface area contributed by atoms with E-state index in [1.165, 1.54) is 12.1 Å². The van der Waals surface area contributed by atoms with Gasteiger partial charge in [-0.3, -0.25) is 4.79 Å². The minimum Gasteiger partial charge on any atom is -0.453 e. The van der Waals surface area contributed by atoms with E-state index < -0.39 is 11.7 Å². The van der Waals surface area contributed by atoms with Crippen LogP contribution in [0.4, 0.5) is 10.1 Å². The monoisotopic (exact) mass is 300 g/mol. The molecule has 0 atom stereocenters. The van der Waals surface area contributed by atoms with Crippen LogP contribution in [0, 0.1) is 5.82 Å². The number of nitrogens with one attached hydrogen (secondary N) is 2. The molecule has 0 radical (unpaired) electrons. The fourth-order valence-corrected chi connectivity index (χ4v) is 2.02. The summed E-state index contributed by atoms with van der Waals surface area (Å²) in [5.41, 5.74) is 6.17. The summed E-state index contributed by atoms with van der Waals surface area (Å²) in [5, 5.41) is 3.23. The molecule has 4 N–H and O–H groups in total. The SMILES string of the molecule is NCC(=O)Nc1ccc(Oc2ccnc3[nH]ccc23)c(F)c1. The predicted molar refractivity (Wildman–Crippen MR) is 80.3 cm³/mol. The number of hydrogen-bond donors (Lipinski definition) is 3. The number of amides is 1. The number of rotatable bonds is 4. The third-order valence-electron chi connectivity index (χ3n) is 3.04. The number of halogens is 1. The Morgan fingerprint density at radius 3 is 2.95 bits per heavy atom. The maximum absolute atomic E-state index is 14.1. The van der Waals surface area contributed by atoms with Gasteiger partial charge in [-0.15, -0.1) is 0 Å². The van der Waals surface area contributed by atoms with Gasteiger partial charge in [-0.05, 0) is 24.3 Å². The van der Waals surface area contributed by atoms with Crippen molar-refractivity contribution in [3.8, 4) is 11.5 Å². The van der Waals surface area contributed by atoms with E-state index in [-0.39, 0.29) is 12.3 Å². The standard InChI is InChI=1S/C15H13FN4O2/c16-11-7-9(20-14(21)8-17)1-2-13(11)22-12-4-6-19-15-10(12)3-5-18-15/h1-7H,8,17H2,(H,18,19)(H,20,21). The highest BCUT2D eigenvalue weighted by atomic mass is 19.1. The number of ether oxygens (including phenoxy) is 1. The lowest BCUT2D eigenvalue weighted by Crippen LogP contribution is -2.21. The third kappa shape index (κ3) is 2.75. The number of pyridine rings is 1. The Hall–Kier alpha value is -2.93. The van der Waals surface area contributed by atoms with Crippen molar-refractivity contribution in [2.24, 2.45) is 5.73 Å². The molecule has 0 aliphatic heterocycles. The van der Waals surface area contributed by atoms with Crippen LogP contribution in [0.25, 0.3) is 11.0 Å². The number of benzene rings is 1. The summed E-state index contributed by atoms with van der Waals surface area (Å²) in [7, 11) is 0. The minimum absolute atomic E-state index is 0.0550. The van der Waals surface area contributed by atoms with Crippen LogP contribution in [-0.2, 0) is 4.79 Å². The molecule has 0 bridgehead atoms. The second-order valence-electron chi connectivity index (χ2n) is 4.55. The van der Waals surface area contributed by atoms with E-state index in [2.05, 4.69) is 15.3 Å². The van der Waals surface area contributed by atoms with Gasteiger partial charge in [0.2, 0.25) is 5.91 Å². The quantitative estimate of drug-likeness (QED) is 0.689. The summed E-state index contributed by atoms with van der Waals surface area (Å²) in [5.74, 6) is -0.435. The van der Waals surface area contributed by atoms with Crippen LogP contribution in [0.5, 0.6) is 11.5 Å². The van der Waals surface area contributed by atoms with Gasteiger partial charge in [0.15, 0.2) is 11.6 Å². The number of aromatic amines is 1. The van der Waals surface area contributed by atoms with Crippen molar-refractivity contribution in [3.63, 3.8) is 0 Å². The summed E-state index contributed by atoms with van der Waals surface area (Å²) < 4.78 is 19.7. The highest BCUT2D eigenvalue weighted by Crippen LogP contribution is 2.30. The summed E-state index contributed by atoms with van der Waals surface area (Å²) >= 11 is 0. The summed E-state index contributed by atoms with van der Waals surface area (Å²) in [6, 6.07) is 7.62. The van der Waals surface area contributed by atoms with Crippen molar-refractivity contribution in [2.75, 3.05) is 11.9 Å². The van der Waals surface area contributed by atoms with E-state index in [1.54, 1.807) is 30.6 Å². The van der Waals surface area contributed by atoms with Crippen LogP contribution >= 0.6 is 0 Å². The Morgan fingerprint density at radius 1 is 1.32 bits per heavy atom. The number of nitrogens with zero attached hydrogens (tertiary/aromatic N) is 1. The fourth-order valence-electron chi connectivity index (χ4n) is 2.02. The highest BCUT2D eigenvalue weighted by molar-refractivity contribution is 5.92. The van der Waals surface area contributed by atoms with Gasteiger partial charge >= 0.3 is 0 Å². The molecule has 3 aromatic rings. The lowest BCUT2D eigenvalue weighted by molar-refractivity contribution is -0.114. The molecule has 0 aliphatic carbocycles. The molecule has 7 heteroatoms. The zero-order valence-corrected chi connectivity index (χ0v) is 11.5. The Balaban J connectivity index is 1.86. The van der Waals surface area contributed by atoms with E-state index in [0.717, 1.165) is 5.39 Å². The molecule has 0 fully saturated rings. The van der Waals surface area contributed by atoms with Gasteiger partial charge in [0.1, 0.15) is 11.4 Å². The van der Waals surface area contributed by atoms with Crippen molar-refractivity contribution in [1.29, 1.82) is 0 Å². The summed E-state index contributed by atoms with van der Waals surface area (Å²) in [4.78, 5) is 18.3. The molecule has 1 aromatic carbocycles. The molecule has 22 heavy (non-hydrogen) atoms. The van der Waals surface area contributed by atoms with Crippen molar-refractivity contribution < 1.29 is 13.9 Å². The van der Waals surface area contributed by atoms with Crippen molar-refractivity contribution in [3.05, 3.63) is 48.5 Å². The number of aromatic nitrogens is 2. The highest BCUT2D eigenvalue weighted by Gasteiger charge is 2.10. The molecule has 6 nitrogen and oxygen atoms in total. The number of hydrogen-bond acceptors (Lipinski definition) is 4. The van der Waals surface area contributed by atoms with Crippen LogP contribution in [0.2, 0.25) is 0 Å². The lowest BCUT2D eigenvalue weighted by atomic mass is 10.2. The van der Waals surface area contributed by atoms with Gasteiger partial charge in [0.05, 0.1) is 11.9 Å². The first-order valence-electron chi connectivity index (χ1n) is 6.57. The van der Waals surface area contributed by atoms with Gasteiger partial charge in [-0.2, -0.15) is 0 Å². The second kappa shape index (κ2) is 5.82. The Labute approximate surface area is 125 Å². The number of fused-ring (bicyclic) bond motifs is 1. The van der Waals surface area contributed by atoms with Crippen LogP contribution in [0.3, 0.4) is 0 Å². The van der Waals surface area contributed by atoms with Crippen molar-refractivity contribution in [2.45, 2.75) is 0 Å². The number of H-pyrrole nitrogens is 1. The average molecular weight is 300 g/mol.